The van der Waals surface area contributed by atoms with E-state index < -0.39 is 0 Å². The first-order chi connectivity index (χ1) is 10.9. The predicted molar refractivity (Wildman–Crippen MR) is 101 cm³/mol. The normalized spacial score (nSPS) is 9.74. The Hall–Kier alpha value is -2.10. The molecule has 2 heterocycles. The molecule has 0 saturated heterocycles. The third-order valence-corrected chi connectivity index (χ3v) is 3.05. The van der Waals surface area contributed by atoms with Crippen molar-refractivity contribution in [2.24, 2.45) is 5.92 Å². The number of hydrogen-bond acceptors (Lipinski definition) is 4. The smallest absolute Gasteiger partial charge is 0.126 e. The van der Waals surface area contributed by atoms with Gasteiger partial charge in [-0.2, -0.15) is 0 Å². The number of hydrogen-bond donors (Lipinski definition) is 2. The van der Waals surface area contributed by atoms with Crippen LogP contribution in [0.1, 0.15) is 58.6 Å². The van der Waals surface area contributed by atoms with Crippen LogP contribution >= 0.6 is 0 Å². The van der Waals surface area contributed by atoms with Crippen LogP contribution in [0.15, 0.2) is 36.7 Å². The van der Waals surface area contributed by atoms with Crippen molar-refractivity contribution in [2.75, 3.05) is 11.5 Å². The van der Waals surface area contributed by atoms with Gasteiger partial charge in [-0.05, 0) is 41.5 Å². The van der Waals surface area contributed by atoms with Crippen molar-refractivity contribution < 1.29 is 0 Å². The summed E-state index contributed by atoms with van der Waals surface area (Å²) in [5, 5.41) is 0. The first-order valence-corrected chi connectivity index (χ1v) is 8.31. The lowest BCUT2D eigenvalue weighted by molar-refractivity contribution is 0.647. The number of nitrogens with zero attached hydrogens (tertiary/aromatic N) is 2. The highest BCUT2D eigenvalue weighted by Crippen LogP contribution is 2.17. The fourth-order valence-corrected chi connectivity index (χ4v) is 1.98. The van der Waals surface area contributed by atoms with Gasteiger partial charge >= 0.3 is 0 Å². The maximum absolute atomic E-state index is 5.66. The highest BCUT2D eigenvalue weighted by atomic mass is 14.8. The molecule has 0 unspecified atom stereocenters. The van der Waals surface area contributed by atoms with Crippen LogP contribution in [0.25, 0.3) is 0 Å². The van der Waals surface area contributed by atoms with Gasteiger partial charge in [-0.15, -0.1) is 0 Å². The molecule has 0 amide bonds. The lowest BCUT2D eigenvalue weighted by Gasteiger charge is -2.05. The van der Waals surface area contributed by atoms with Crippen molar-refractivity contribution in [3.05, 3.63) is 47.8 Å². The molecule has 4 nitrogen and oxygen atoms in total. The van der Waals surface area contributed by atoms with E-state index in [1.807, 2.05) is 38.1 Å². The molecule has 0 spiro atoms. The Morgan fingerprint density at radius 1 is 0.870 bits per heavy atom. The van der Waals surface area contributed by atoms with Crippen molar-refractivity contribution >= 4 is 11.6 Å². The Balaban J connectivity index is 0.000000381. The molecule has 23 heavy (non-hydrogen) atoms. The molecule has 0 radical (unpaired) electrons. The van der Waals surface area contributed by atoms with Crippen molar-refractivity contribution in [1.29, 1.82) is 0 Å². The minimum atomic E-state index is 0.466. The van der Waals surface area contributed by atoms with E-state index in [1.165, 1.54) is 0 Å². The minimum absolute atomic E-state index is 0.466. The summed E-state index contributed by atoms with van der Waals surface area (Å²) >= 11 is 0. The van der Waals surface area contributed by atoms with Gasteiger partial charge in [0.1, 0.15) is 11.6 Å². The maximum Gasteiger partial charge on any atom is 0.126 e. The average Bonchev–Trinajstić information content (AvgIpc) is 2.52. The molecular formula is C19H32N4. The zero-order valence-electron chi connectivity index (χ0n) is 15.4. The standard InChI is InChI=1S/C9H14N2.C8H12N2.C2H6/c1-7(2)6-8-4-3-5-11-9(8)10;1-6(2)7-4-3-5-10-8(7)9;1-2/h3-5,7H,6H2,1-2H3,(H2,10,11);3-6H,1-2H3,(H2,9,10);1-2H3. The van der Waals surface area contributed by atoms with Crippen LogP contribution in [0.2, 0.25) is 0 Å². The van der Waals surface area contributed by atoms with Crippen LogP contribution in [0.5, 0.6) is 0 Å². The summed E-state index contributed by atoms with van der Waals surface area (Å²) in [4.78, 5) is 7.99. The molecule has 0 atom stereocenters. The molecule has 0 bridgehead atoms. The third-order valence-electron chi connectivity index (χ3n) is 3.05. The summed E-state index contributed by atoms with van der Waals surface area (Å²) in [5.41, 5.74) is 13.6. The maximum atomic E-state index is 5.66. The molecule has 2 rings (SSSR count). The molecule has 0 aliphatic rings. The quantitative estimate of drug-likeness (QED) is 0.862. The number of anilines is 2. The molecule has 0 saturated carbocycles. The molecular weight excluding hydrogens is 284 g/mol. The zero-order valence-corrected chi connectivity index (χ0v) is 15.4. The van der Waals surface area contributed by atoms with Crippen molar-refractivity contribution in [2.45, 2.75) is 53.9 Å². The number of aromatic nitrogens is 2. The second-order valence-corrected chi connectivity index (χ2v) is 5.78. The summed E-state index contributed by atoms with van der Waals surface area (Å²) in [6, 6.07) is 7.87. The monoisotopic (exact) mass is 316 g/mol. The minimum Gasteiger partial charge on any atom is -0.383 e. The summed E-state index contributed by atoms with van der Waals surface area (Å²) in [5.74, 6) is 2.42. The van der Waals surface area contributed by atoms with Crippen LogP contribution in [-0.2, 0) is 6.42 Å². The van der Waals surface area contributed by atoms with Gasteiger partial charge in [-0.1, -0.05) is 53.7 Å². The van der Waals surface area contributed by atoms with E-state index in [1.54, 1.807) is 12.4 Å². The predicted octanol–water partition coefficient (Wildman–Crippen LogP) is 4.68. The van der Waals surface area contributed by atoms with Gasteiger partial charge in [0.15, 0.2) is 0 Å². The van der Waals surface area contributed by atoms with E-state index in [4.69, 9.17) is 11.5 Å². The summed E-state index contributed by atoms with van der Waals surface area (Å²) in [7, 11) is 0. The van der Waals surface area contributed by atoms with E-state index in [9.17, 15) is 0 Å². The van der Waals surface area contributed by atoms with Crippen LogP contribution in [-0.4, -0.2) is 9.97 Å². The van der Waals surface area contributed by atoms with Gasteiger partial charge in [0.25, 0.3) is 0 Å². The molecule has 2 aromatic heterocycles. The van der Waals surface area contributed by atoms with Crippen molar-refractivity contribution in [3.63, 3.8) is 0 Å². The molecule has 0 aliphatic carbocycles. The van der Waals surface area contributed by atoms with E-state index in [0.29, 0.717) is 23.5 Å². The summed E-state index contributed by atoms with van der Waals surface area (Å²) < 4.78 is 0. The van der Waals surface area contributed by atoms with Crippen LogP contribution < -0.4 is 11.5 Å². The number of rotatable bonds is 3. The Kier molecular flexibility index (Phi) is 10.4. The second kappa shape index (κ2) is 11.5. The first-order valence-electron chi connectivity index (χ1n) is 8.31. The van der Waals surface area contributed by atoms with Gasteiger partial charge in [0, 0.05) is 12.4 Å². The topological polar surface area (TPSA) is 77.8 Å². The largest absolute Gasteiger partial charge is 0.383 e. The van der Waals surface area contributed by atoms with Crippen molar-refractivity contribution in [3.8, 4) is 0 Å². The van der Waals surface area contributed by atoms with Crippen LogP contribution in [0.3, 0.4) is 0 Å². The van der Waals surface area contributed by atoms with E-state index in [-0.39, 0.29) is 0 Å². The average molecular weight is 316 g/mol. The summed E-state index contributed by atoms with van der Waals surface area (Å²) in [6.45, 7) is 12.6. The highest BCUT2D eigenvalue weighted by molar-refractivity contribution is 5.40. The summed E-state index contributed by atoms with van der Waals surface area (Å²) in [6.07, 6.45) is 4.44. The Bertz CT molecular complexity index is 551. The third kappa shape index (κ3) is 8.19. The molecule has 128 valence electrons. The Morgan fingerprint density at radius 3 is 1.78 bits per heavy atom. The molecule has 4 N–H and O–H groups in total. The molecule has 0 fully saturated rings. The number of nitrogen functional groups attached to an aromatic ring is 2. The van der Waals surface area contributed by atoms with Gasteiger partial charge in [-0.25, -0.2) is 9.97 Å². The Morgan fingerprint density at radius 2 is 1.39 bits per heavy atom. The van der Waals surface area contributed by atoms with Gasteiger partial charge < -0.3 is 11.5 Å². The van der Waals surface area contributed by atoms with Crippen LogP contribution in [0, 0.1) is 5.92 Å². The molecule has 2 aromatic rings. The molecule has 0 aromatic carbocycles. The lowest BCUT2D eigenvalue weighted by Crippen LogP contribution is -2.00. The highest BCUT2D eigenvalue weighted by Gasteiger charge is 2.02. The fourth-order valence-electron chi connectivity index (χ4n) is 1.98. The van der Waals surface area contributed by atoms with Gasteiger partial charge in [-0.3, -0.25) is 0 Å². The number of nitrogens with two attached hydrogens (primary N) is 2. The Labute approximate surface area is 141 Å². The first kappa shape index (κ1) is 20.9. The van der Waals surface area contributed by atoms with Crippen LogP contribution in [0.4, 0.5) is 11.6 Å². The molecule has 0 aliphatic heterocycles. The van der Waals surface area contributed by atoms with Crippen molar-refractivity contribution in [1.82, 2.24) is 9.97 Å². The van der Waals surface area contributed by atoms with E-state index in [2.05, 4.69) is 37.7 Å². The SMILES string of the molecule is CC.CC(C)Cc1cccnc1N.CC(C)c1cccnc1N. The van der Waals surface area contributed by atoms with Gasteiger partial charge in [0.05, 0.1) is 0 Å². The fraction of sp³-hybridized carbons (Fsp3) is 0.474. The molecule has 4 heteroatoms. The van der Waals surface area contributed by atoms with Gasteiger partial charge in [0.2, 0.25) is 0 Å². The zero-order chi connectivity index (χ0) is 17.8. The number of pyridine rings is 2. The second-order valence-electron chi connectivity index (χ2n) is 5.78. The lowest BCUT2D eigenvalue weighted by atomic mass is 10.0. The van der Waals surface area contributed by atoms with E-state index >= 15 is 0 Å². The van der Waals surface area contributed by atoms with E-state index in [0.717, 1.165) is 17.5 Å².